The Balaban J connectivity index is 3.39. The number of nitrogens with one attached hydrogen (secondary N) is 1. The van der Waals surface area contributed by atoms with Gasteiger partial charge in [-0.05, 0) is 26.3 Å². The maximum atomic E-state index is 15.0. The molecule has 0 spiro atoms. The molecule has 0 heterocycles. The number of carbonyl (C=O) groups excluding carboxylic acids is 1. The van der Waals surface area contributed by atoms with Crippen LogP contribution in [0, 0.1) is 5.82 Å². The van der Waals surface area contributed by atoms with Crippen LogP contribution >= 0.6 is 0 Å². The largest absolute Gasteiger partial charge is 0.461 e. The SMILES string of the molecule is CCCC[S@](=O)N[C@](C)(c1ccccc1F)C(F)(F)/C=C(\F)C(=O)OCC. The van der Waals surface area contributed by atoms with Crippen LogP contribution in [0.1, 0.15) is 39.2 Å². The molecule has 9 heteroatoms. The Labute approximate surface area is 158 Å². The lowest BCUT2D eigenvalue weighted by molar-refractivity contribution is -0.140. The summed E-state index contributed by atoms with van der Waals surface area (Å²) in [5, 5.41) is 0. The molecule has 1 aromatic rings. The quantitative estimate of drug-likeness (QED) is 0.359. The molecular formula is C18H23F4NO3S. The predicted molar refractivity (Wildman–Crippen MR) is 95.6 cm³/mol. The Bertz CT molecular complexity index is 712. The third kappa shape index (κ3) is 5.87. The van der Waals surface area contributed by atoms with Gasteiger partial charge in [0.1, 0.15) is 11.4 Å². The van der Waals surface area contributed by atoms with Crippen LogP contribution < -0.4 is 4.72 Å². The van der Waals surface area contributed by atoms with Gasteiger partial charge in [0.05, 0.1) is 17.6 Å². The molecule has 0 saturated heterocycles. The van der Waals surface area contributed by atoms with E-state index in [9.17, 15) is 26.6 Å². The highest BCUT2D eigenvalue weighted by molar-refractivity contribution is 7.83. The summed E-state index contributed by atoms with van der Waals surface area (Å²) in [7, 11) is -1.94. The first-order valence-electron chi connectivity index (χ1n) is 8.43. The van der Waals surface area contributed by atoms with Gasteiger partial charge in [-0.1, -0.05) is 31.5 Å². The third-order valence-electron chi connectivity index (χ3n) is 3.86. The van der Waals surface area contributed by atoms with Crippen molar-refractivity contribution < 1.29 is 31.3 Å². The summed E-state index contributed by atoms with van der Waals surface area (Å²) in [6, 6.07) is 4.68. The van der Waals surface area contributed by atoms with Crippen LogP contribution in [0.2, 0.25) is 0 Å². The Morgan fingerprint density at radius 3 is 2.48 bits per heavy atom. The Hall–Kier alpha value is -1.74. The van der Waals surface area contributed by atoms with Crippen molar-refractivity contribution >= 4 is 17.0 Å². The first kappa shape index (κ1) is 23.3. The summed E-state index contributed by atoms with van der Waals surface area (Å²) in [6.45, 7) is 3.93. The van der Waals surface area contributed by atoms with Crippen LogP contribution in [0.5, 0.6) is 0 Å². The number of benzene rings is 1. The van der Waals surface area contributed by atoms with Gasteiger partial charge in [0.25, 0.3) is 5.92 Å². The molecule has 1 N–H and O–H groups in total. The van der Waals surface area contributed by atoms with E-state index in [1.807, 2.05) is 6.92 Å². The Kier molecular flexibility index (Phi) is 8.61. The fourth-order valence-corrected chi connectivity index (χ4v) is 3.64. The number of unbranched alkanes of at least 4 members (excludes halogenated alkanes) is 1. The molecule has 0 bridgehead atoms. The average molecular weight is 409 g/mol. The molecule has 0 saturated carbocycles. The summed E-state index contributed by atoms with van der Waals surface area (Å²) in [4.78, 5) is 11.4. The highest BCUT2D eigenvalue weighted by Crippen LogP contribution is 2.41. The predicted octanol–water partition coefficient (Wildman–Crippen LogP) is 4.15. The van der Waals surface area contributed by atoms with E-state index in [4.69, 9.17) is 0 Å². The molecule has 0 aliphatic heterocycles. The van der Waals surface area contributed by atoms with E-state index >= 15 is 0 Å². The van der Waals surface area contributed by atoms with Gasteiger partial charge in [0.2, 0.25) is 5.83 Å². The topological polar surface area (TPSA) is 55.4 Å². The number of hydrogen-bond acceptors (Lipinski definition) is 3. The molecular weight excluding hydrogens is 386 g/mol. The van der Waals surface area contributed by atoms with Crippen molar-refractivity contribution in [3.05, 3.63) is 47.5 Å². The molecule has 152 valence electrons. The zero-order chi connectivity index (χ0) is 20.7. The lowest BCUT2D eigenvalue weighted by Crippen LogP contribution is -2.54. The number of rotatable bonds is 10. The second kappa shape index (κ2) is 9.98. The van der Waals surface area contributed by atoms with Crippen molar-refractivity contribution in [3.8, 4) is 0 Å². The monoisotopic (exact) mass is 409 g/mol. The molecule has 0 aliphatic rings. The smallest absolute Gasteiger partial charge is 0.367 e. The van der Waals surface area contributed by atoms with Gasteiger partial charge >= 0.3 is 5.97 Å². The standard InChI is InChI=1S/C18H23F4NO3S/c1-4-6-11-27(25)23-17(3,13-9-7-8-10-14(13)19)18(21,22)12-15(20)16(24)26-5-2/h7-10,12,23H,4-6,11H2,1-3H3/b15-12-/t17-,27+/m1/s1. The van der Waals surface area contributed by atoms with E-state index in [2.05, 4.69) is 9.46 Å². The van der Waals surface area contributed by atoms with Gasteiger partial charge in [0.15, 0.2) is 0 Å². The summed E-state index contributed by atoms with van der Waals surface area (Å²) in [5.41, 5.74) is -3.08. The van der Waals surface area contributed by atoms with Crippen LogP contribution in [0.15, 0.2) is 36.2 Å². The highest BCUT2D eigenvalue weighted by Gasteiger charge is 2.53. The molecule has 0 fully saturated rings. The minimum atomic E-state index is -4.10. The molecule has 2 atom stereocenters. The van der Waals surface area contributed by atoms with Crippen molar-refractivity contribution in [2.24, 2.45) is 0 Å². The minimum Gasteiger partial charge on any atom is -0.461 e. The second-order valence-corrected chi connectivity index (χ2v) is 7.25. The van der Waals surface area contributed by atoms with Crippen molar-refractivity contribution in [1.29, 1.82) is 0 Å². The molecule has 0 amide bonds. The maximum absolute atomic E-state index is 15.0. The van der Waals surface area contributed by atoms with E-state index in [0.717, 1.165) is 19.1 Å². The summed E-state index contributed by atoms with van der Waals surface area (Å²) in [6.07, 6.45) is 0.935. The van der Waals surface area contributed by atoms with Gasteiger partial charge in [-0.3, -0.25) is 0 Å². The number of hydrogen-bond donors (Lipinski definition) is 1. The summed E-state index contributed by atoms with van der Waals surface area (Å²) in [5.74, 6) is -8.40. The molecule has 1 aromatic carbocycles. The van der Waals surface area contributed by atoms with E-state index in [0.29, 0.717) is 12.8 Å². The average Bonchev–Trinajstić information content (AvgIpc) is 2.59. The first-order chi connectivity index (χ1) is 12.6. The van der Waals surface area contributed by atoms with Gasteiger partial charge in [-0.2, -0.15) is 13.2 Å². The zero-order valence-corrected chi connectivity index (χ0v) is 16.2. The maximum Gasteiger partial charge on any atom is 0.367 e. The van der Waals surface area contributed by atoms with Gasteiger partial charge in [0, 0.05) is 17.4 Å². The number of alkyl halides is 2. The van der Waals surface area contributed by atoms with Gasteiger partial charge < -0.3 is 4.74 Å². The van der Waals surface area contributed by atoms with Crippen LogP contribution in [0.4, 0.5) is 17.6 Å². The molecule has 0 aromatic heterocycles. The molecule has 1 rings (SSSR count). The van der Waals surface area contributed by atoms with Crippen LogP contribution in [0.3, 0.4) is 0 Å². The fraction of sp³-hybridized carbons (Fsp3) is 0.500. The van der Waals surface area contributed by atoms with Crippen LogP contribution in [-0.2, 0) is 26.1 Å². The molecule has 27 heavy (non-hydrogen) atoms. The van der Waals surface area contributed by atoms with Crippen LogP contribution in [0.25, 0.3) is 0 Å². The minimum absolute atomic E-state index is 0.0562. The molecule has 4 nitrogen and oxygen atoms in total. The summed E-state index contributed by atoms with van der Waals surface area (Å²) < 4.78 is 76.9. The lowest BCUT2D eigenvalue weighted by atomic mass is 9.85. The lowest BCUT2D eigenvalue weighted by Gasteiger charge is -2.36. The highest BCUT2D eigenvalue weighted by atomic mass is 32.2. The number of carbonyl (C=O) groups is 1. The Morgan fingerprint density at radius 1 is 1.30 bits per heavy atom. The zero-order valence-electron chi connectivity index (χ0n) is 15.4. The van der Waals surface area contributed by atoms with E-state index in [1.54, 1.807) is 0 Å². The van der Waals surface area contributed by atoms with Gasteiger partial charge in [-0.15, -0.1) is 0 Å². The molecule has 0 unspecified atom stereocenters. The van der Waals surface area contributed by atoms with E-state index in [1.165, 1.54) is 19.1 Å². The molecule has 0 aliphatic carbocycles. The molecule has 0 radical (unpaired) electrons. The summed E-state index contributed by atoms with van der Waals surface area (Å²) >= 11 is 0. The van der Waals surface area contributed by atoms with Crippen molar-refractivity contribution in [2.45, 2.75) is 45.1 Å². The van der Waals surface area contributed by atoms with E-state index < -0.39 is 45.6 Å². The third-order valence-corrected chi connectivity index (χ3v) is 5.15. The van der Waals surface area contributed by atoms with Crippen molar-refractivity contribution in [2.75, 3.05) is 12.4 Å². The van der Waals surface area contributed by atoms with Crippen molar-refractivity contribution in [1.82, 2.24) is 4.72 Å². The number of halogens is 4. The normalized spacial score (nSPS) is 15.9. The Morgan fingerprint density at radius 2 is 1.93 bits per heavy atom. The van der Waals surface area contributed by atoms with Crippen molar-refractivity contribution in [3.63, 3.8) is 0 Å². The number of esters is 1. The first-order valence-corrected chi connectivity index (χ1v) is 9.75. The second-order valence-electron chi connectivity index (χ2n) is 5.95. The van der Waals surface area contributed by atoms with Crippen LogP contribution in [-0.4, -0.2) is 28.5 Å². The number of ether oxygens (including phenoxy) is 1. The van der Waals surface area contributed by atoms with Gasteiger partial charge in [-0.25, -0.2) is 18.1 Å². The van der Waals surface area contributed by atoms with E-state index in [-0.39, 0.29) is 18.4 Å². The fourth-order valence-electron chi connectivity index (χ4n) is 2.29.